The first-order valence-electron chi connectivity index (χ1n) is 14.0. The number of amides is 3. The van der Waals surface area contributed by atoms with Crippen LogP contribution in [0.1, 0.15) is 38.7 Å². The molecular formula is C28H39ClN8O3. The number of azo groups is 1. The Morgan fingerprint density at radius 2 is 2.02 bits per heavy atom. The maximum absolute atomic E-state index is 13.7. The molecular weight excluding hydrogens is 532 g/mol. The van der Waals surface area contributed by atoms with Crippen molar-refractivity contribution in [2.45, 2.75) is 63.6 Å². The van der Waals surface area contributed by atoms with Crippen molar-refractivity contribution < 1.29 is 14.3 Å². The molecule has 0 radical (unpaired) electrons. The topological polar surface area (TPSA) is 123 Å². The first-order valence-corrected chi connectivity index (χ1v) is 14.4. The third kappa shape index (κ3) is 6.54. The fraction of sp³-hybridized carbons (Fsp3) is 0.607. The number of hydrogen-bond acceptors (Lipinski definition) is 8. The number of carbonyl (C=O) groups excluding carboxylic acids is 2. The van der Waals surface area contributed by atoms with E-state index in [1.54, 1.807) is 0 Å². The van der Waals surface area contributed by atoms with Gasteiger partial charge in [-0.15, -0.1) is 5.11 Å². The van der Waals surface area contributed by atoms with Gasteiger partial charge in [0.15, 0.2) is 6.29 Å². The van der Waals surface area contributed by atoms with Crippen molar-refractivity contribution in [1.29, 1.82) is 0 Å². The minimum absolute atomic E-state index is 0.165. The standard InChI is InChI=1S/C28H39ClN8O3/c1-28(2)23-13-31-26(32-21-7-9-40-10-8-21)34-24(23)17-37(28)27(39)33-22-12-19(25(38)35-30-3)15-36(16-22)14-18-5-4-6-20(29)11-18/h4-6,11,13,19,21-22,26,32,34H,7-10,12,14-17H2,1-3H3,(H,33,39). The number of carbonyl (C=O) groups is 2. The second-order valence-corrected chi connectivity index (χ2v) is 11.9. The van der Waals surface area contributed by atoms with Gasteiger partial charge in [0.1, 0.15) is 0 Å². The number of hydrogen-bond donors (Lipinski definition) is 3. The van der Waals surface area contributed by atoms with E-state index in [4.69, 9.17) is 21.3 Å². The molecule has 3 N–H and O–H groups in total. The first-order chi connectivity index (χ1) is 19.2. The smallest absolute Gasteiger partial charge is 0.318 e. The van der Waals surface area contributed by atoms with Crippen molar-refractivity contribution in [3.05, 3.63) is 46.1 Å². The molecule has 4 aliphatic rings. The summed E-state index contributed by atoms with van der Waals surface area (Å²) in [6.45, 7) is 7.82. The van der Waals surface area contributed by atoms with Gasteiger partial charge in [0.25, 0.3) is 5.91 Å². The van der Waals surface area contributed by atoms with Crippen LogP contribution in [0, 0.1) is 5.92 Å². The van der Waals surface area contributed by atoms with Crippen LogP contribution in [0.5, 0.6) is 0 Å². The fourth-order valence-electron chi connectivity index (χ4n) is 6.09. The Hall–Kier alpha value is -2.86. The van der Waals surface area contributed by atoms with Crippen molar-refractivity contribution in [3.8, 4) is 0 Å². The molecule has 0 aliphatic carbocycles. The quantitative estimate of drug-likeness (QED) is 0.452. The van der Waals surface area contributed by atoms with E-state index < -0.39 is 5.54 Å². The highest BCUT2D eigenvalue weighted by Crippen LogP contribution is 2.34. The lowest BCUT2D eigenvalue weighted by Crippen LogP contribution is -2.57. The van der Waals surface area contributed by atoms with Gasteiger partial charge in [0.05, 0.1) is 18.0 Å². The molecule has 1 aromatic rings. The minimum Gasteiger partial charge on any atom is -0.381 e. The molecule has 216 valence electrons. The van der Waals surface area contributed by atoms with Crippen LogP contribution in [0.2, 0.25) is 5.02 Å². The van der Waals surface area contributed by atoms with Gasteiger partial charge in [0, 0.05) is 74.5 Å². The van der Waals surface area contributed by atoms with Crippen molar-refractivity contribution >= 4 is 29.8 Å². The summed E-state index contributed by atoms with van der Waals surface area (Å²) in [5.41, 5.74) is 2.52. The molecule has 0 bridgehead atoms. The summed E-state index contributed by atoms with van der Waals surface area (Å²) in [5.74, 6) is -0.620. The average molecular weight is 571 g/mol. The molecule has 4 heterocycles. The number of rotatable bonds is 6. The Balaban J connectivity index is 1.24. The van der Waals surface area contributed by atoms with E-state index in [1.807, 2.05) is 49.2 Å². The molecule has 3 amide bonds. The maximum Gasteiger partial charge on any atom is 0.318 e. The van der Waals surface area contributed by atoms with Crippen LogP contribution in [0.3, 0.4) is 0 Å². The average Bonchev–Trinajstić information content (AvgIpc) is 3.19. The Kier molecular flexibility index (Phi) is 8.84. The van der Waals surface area contributed by atoms with Gasteiger partial charge in [-0.1, -0.05) is 23.7 Å². The summed E-state index contributed by atoms with van der Waals surface area (Å²) in [5, 5.41) is 18.4. The molecule has 0 aromatic heterocycles. The van der Waals surface area contributed by atoms with E-state index in [2.05, 4.69) is 31.1 Å². The van der Waals surface area contributed by atoms with Gasteiger partial charge in [-0.05, 0) is 50.8 Å². The third-order valence-electron chi connectivity index (χ3n) is 8.20. The maximum atomic E-state index is 13.7. The Labute approximate surface area is 240 Å². The van der Waals surface area contributed by atoms with Gasteiger partial charge in [-0.25, -0.2) is 4.79 Å². The number of halogens is 1. The first kappa shape index (κ1) is 28.7. The predicted molar refractivity (Wildman–Crippen MR) is 153 cm³/mol. The van der Waals surface area contributed by atoms with Crippen molar-refractivity contribution in [3.63, 3.8) is 0 Å². The number of nitrogens with one attached hydrogen (secondary N) is 3. The Bertz CT molecular complexity index is 1200. The van der Waals surface area contributed by atoms with E-state index in [9.17, 15) is 9.59 Å². The van der Waals surface area contributed by atoms with Crippen molar-refractivity contribution in [1.82, 2.24) is 25.8 Å². The van der Waals surface area contributed by atoms with Gasteiger partial charge in [-0.2, -0.15) is 5.11 Å². The monoisotopic (exact) mass is 570 g/mol. The lowest BCUT2D eigenvalue weighted by molar-refractivity contribution is -0.124. The minimum atomic E-state index is -0.541. The number of ether oxygens (including phenoxy) is 1. The van der Waals surface area contributed by atoms with Gasteiger partial charge < -0.3 is 20.3 Å². The van der Waals surface area contributed by atoms with Gasteiger partial charge in [-0.3, -0.25) is 20.0 Å². The zero-order chi connectivity index (χ0) is 28.3. The number of likely N-dealkylation sites (tertiary alicyclic amines) is 1. The molecule has 1 aromatic carbocycles. The largest absolute Gasteiger partial charge is 0.381 e. The van der Waals surface area contributed by atoms with Crippen LogP contribution in [0.25, 0.3) is 0 Å². The Morgan fingerprint density at radius 3 is 2.77 bits per heavy atom. The van der Waals surface area contributed by atoms with Crippen LogP contribution in [-0.2, 0) is 16.1 Å². The van der Waals surface area contributed by atoms with Crippen LogP contribution in [0.15, 0.2) is 50.8 Å². The molecule has 12 heteroatoms. The van der Waals surface area contributed by atoms with Crippen molar-refractivity contribution in [2.24, 2.45) is 21.1 Å². The van der Waals surface area contributed by atoms with E-state index in [0.717, 1.165) is 42.9 Å². The zero-order valence-electron chi connectivity index (χ0n) is 23.4. The number of urea groups is 1. The zero-order valence-corrected chi connectivity index (χ0v) is 24.2. The molecule has 11 nitrogen and oxygen atoms in total. The number of aliphatic imine (C=N–C) groups is 1. The number of benzene rings is 1. The highest BCUT2D eigenvalue weighted by molar-refractivity contribution is 6.30. The lowest BCUT2D eigenvalue weighted by atomic mass is 9.93. The lowest BCUT2D eigenvalue weighted by Gasteiger charge is -2.39. The second-order valence-electron chi connectivity index (χ2n) is 11.5. The van der Waals surface area contributed by atoms with Crippen LogP contribution in [0.4, 0.5) is 4.79 Å². The third-order valence-corrected chi connectivity index (χ3v) is 8.43. The van der Waals surface area contributed by atoms with E-state index in [-0.39, 0.29) is 30.2 Å². The molecule has 0 spiro atoms. The Morgan fingerprint density at radius 1 is 1.23 bits per heavy atom. The van der Waals surface area contributed by atoms with Gasteiger partial charge >= 0.3 is 6.03 Å². The van der Waals surface area contributed by atoms with Crippen LogP contribution in [-0.4, -0.2) is 91.8 Å². The SMILES string of the molecule is CN=NC(=O)C1CC(NC(=O)N2CC3=C(C=NC(NC4CCOCC4)N3)C2(C)C)CN(Cc2cccc(Cl)c2)C1. The molecule has 3 atom stereocenters. The number of piperidine rings is 1. The molecule has 3 unspecified atom stereocenters. The van der Waals surface area contributed by atoms with E-state index in [0.29, 0.717) is 43.7 Å². The highest BCUT2D eigenvalue weighted by Gasteiger charge is 2.44. The van der Waals surface area contributed by atoms with Gasteiger partial charge in [0.2, 0.25) is 0 Å². The second kappa shape index (κ2) is 12.3. The summed E-state index contributed by atoms with van der Waals surface area (Å²) in [6.07, 6.45) is 4.09. The van der Waals surface area contributed by atoms with Crippen LogP contribution < -0.4 is 16.0 Å². The number of nitrogens with zero attached hydrogens (tertiary/aromatic N) is 5. The summed E-state index contributed by atoms with van der Waals surface area (Å²) in [6, 6.07) is 7.66. The molecule has 2 fully saturated rings. The van der Waals surface area contributed by atoms with E-state index >= 15 is 0 Å². The summed E-state index contributed by atoms with van der Waals surface area (Å²) < 4.78 is 5.46. The predicted octanol–water partition coefficient (Wildman–Crippen LogP) is 2.92. The molecule has 0 saturated carbocycles. The highest BCUT2D eigenvalue weighted by atomic mass is 35.5. The molecule has 40 heavy (non-hydrogen) atoms. The van der Waals surface area contributed by atoms with E-state index in [1.165, 1.54) is 7.05 Å². The fourth-order valence-corrected chi connectivity index (χ4v) is 6.31. The molecule has 4 aliphatic heterocycles. The summed E-state index contributed by atoms with van der Waals surface area (Å²) >= 11 is 6.20. The van der Waals surface area contributed by atoms with Crippen LogP contribution >= 0.6 is 11.6 Å². The van der Waals surface area contributed by atoms with Crippen molar-refractivity contribution in [2.75, 3.05) is 39.9 Å². The molecule has 2 saturated heterocycles. The molecule has 5 rings (SSSR count). The normalized spacial score (nSPS) is 27.1. The summed E-state index contributed by atoms with van der Waals surface area (Å²) in [4.78, 5) is 35.1. The summed E-state index contributed by atoms with van der Waals surface area (Å²) in [7, 11) is 1.49.